The summed E-state index contributed by atoms with van der Waals surface area (Å²) in [5.74, 6) is 0.868. The van der Waals surface area contributed by atoms with Gasteiger partial charge in [-0.25, -0.2) is 14.4 Å². The number of nitrogens with one attached hydrogen (secondary N) is 1. The zero-order valence-corrected chi connectivity index (χ0v) is 22.1. The summed E-state index contributed by atoms with van der Waals surface area (Å²) in [7, 11) is 1.65. The maximum absolute atomic E-state index is 13.4. The number of hydrogen-bond acceptors (Lipinski definition) is 6. The lowest BCUT2D eigenvalue weighted by Crippen LogP contribution is -2.00. The van der Waals surface area contributed by atoms with Crippen molar-refractivity contribution in [1.82, 2.24) is 9.97 Å². The SMILES string of the molecule is COCCOC=C1C=CC=C(c2ccc3ncnc(Nc4ccc(OCc5cccc(F)c5)c(Cl)c4)c3c2)C1. The highest BCUT2D eigenvalue weighted by Crippen LogP contribution is 2.33. The third kappa shape index (κ3) is 6.82. The molecule has 4 aromatic rings. The van der Waals surface area contributed by atoms with Gasteiger partial charge >= 0.3 is 0 Å². The molecule has 1 aliphatic rings. The van der Waals surface area contributed by atoms with Crippen LogP contribution in [0.1, 0.15) is 17.5 Å². The van der Waals surface area contributed by atoms with Crippen LogP contribution in [-0.4, -0.2) is 30.3 Å². The quantitative estimate of drug-likeness (QED) is 0.164. The van der Waals surface area contributed by atoms with Gasteiger partial charge in [-0.2, -0.15) is 0 Å². The van der Waals surface area contributed by atoms with E-state index in [0.29, 0.717) is 29.8 Å². The number of hydrogen-bond donors (Lipinski definition) is 1. The molecular formula is C31H27ClFN3O3. The number of benzene rings is 3. The van der Waals surface area contributed by atoms with Gasteiger partial charge in [-0.1, -0.05) is 48.0 Å². The Kier molecular flexibility index (Phi) is 8.51. The first-order valence-electron chi connectivity index (χ1n) is 12.4. The summed E-state index contributed by atoms with van der Waals surface area (Å²) in [4.78, 5) is 8.92. The molecule has 39 heavy (non-hydrogen) atoms. The summed E-state index contributed by atoms with van der Waals surface area (Å²) in [6.07, 6.45) is 10.2. The van der Waals surface area contributed by atoms with Crippen molar-refractivity contribution < 1.29 is 18.6 Å². The van der Waals surface area contributed by atoms with Crippen molar-refractivity contribution in [3.63, 3.8) is 0 Å². The van der Waals surface area contributed by atoms with Gasteiger partial charge in [-0.3, -0.25) is 0 Å². The summed E-state index contributed by atoms with van der Waals surface area (Å²) in [5, 5.41) is 4.67. The second-order valence-electron chi connectivity index (χ2n) is 8.93. The highest BCUT2D eigenvalue weighted by Gasteiger charge is 2.12. The average molecular weight is 544 g/mol. The third-order valence-corrected chi connectivity index (χ3v) is 6.42. The molecule has 0 saturated carbocycles. The molecular weight excluding hydrogens is 517 g/mol. The molecule has 198 valence electrons. The number of fused-ring (bicyclic) bond motifs is 1. The number of methoxy groups -OCH3 is 1. The van der Waals surface area contributed by atoms with Crippen LogP contribution in [0.2, 0.25) is 5.02 Å². The normalized spacial score (nSPS) is 13.9. The second-order valence-corrected chi connectivity index (χ2v) is 9.33. The molecule has 1 heterocycles. The monoisotopic (exact) mass is 543 g/mol. The standard InChI is InChI=1S/C31H27ClFN3O3/c1-37-12-13-38-18-21-4-2-6-23(14-21)24-8-10-29-27(16-24)31(35-20-34-29)36-26-9-11-30(28(32)17-26)39-19-22-5-3-7-25(33)15-22/h2-11,15-18,20H,12-14,19H2,1H3,(H,34,35,36). The predicted octanol–water partition coefficient (Wildman–Crippen LogP) is 7.64. The van der Waals surface area contributed by atoms with Crippen LogP contribution in [0.15, 0.2) is 97.1 Å². The van der Waals surface area contributed by atoms with E-state index in [1.165, 1.54) is 24.0 Å². The summed E-state index contributed by atoms with van der Waals surface area (Å²) in [6.45, 7) is 1.27. The second kappa shape index (κ2) is 12.6. The van der Waals surface area contributed by atoms with E-state index in [0.717, 1.165) is 39.7 Å². The molecule has 5 rings (SSSR count). The van der Waals surface area contributed by atoms with E-state index in [4.69, 9.17) is 25.8 Å². The number of allylic oxidation sites excluding steroid dienone is 5. The molecule has 6 nitrogen and oxygen atoms in total. The zero-order chi connectivity index (χ0) is 27.0. The molecule has 1 aliphatic carbocycles. The number of nitrogens with zero attached hydrogens (tertiary/aromatic N) is 2. The molecule has 0 amide bonds. The van der Waals surface area contributed by atoms with Crippen LogP contribution in [0.5, 0.6) is 5.75 Å². The lowest BCUT2D eigenvalue weighted by Gasteiger charge is -2.15. The maximum Gasteiger partial charge on any atom is 0.141 e. The topological polar surface area (TPSA) is 65.5 Å². The van der Waals surface area contributed by atoms with Gasteiger partial charge in [0, 0.05) is 24.6 Å². The first kappa shape index (κ1) is 26.4. The van der Waals surface area contributed by atoms with Gasteiger partial charge in [0.1, 0.15) is 36.9 Å². The number of anilines is 2. The Morgan fingerprint density at radius 2 is 1.97 bits per heavy atom. The molecule has 0 radical (unpaired) electrons. The van der Waals surface area contributed by atoms with E-state index >= 15 is 0 Å². The van der Waals surface area contributed by atoms with Gasteiger partial charge in [0.15, 0.2) is 0 Å². The van der Waals surface area contributed by atoms with Crippen LogP contribution >= 0.6 is 11.6 Å². The molecule has 0 saturated heterocycles. The van der Waals surface area contributed by atoms with Crippen molar-refractivity contribution >= 4 is 39.6 Å². The summed E-state index contributed by atoms with van der Waals surface area (Å²) in [6, 6.07) is 17.8. The molecule has 1 N–H and O–H groups in total. The van der Waals surface area contributed by atoms with E-state index < -0.39 is 0 Å². The van der Waals surface area contributed by atoms with Gasteiger partial charge < -0.3 is 19.5 Å². The smallest absolute Gasteiger partial charge is 0.141 e. The lowest BCUT2D eigenvalue weighted by atomic mass is 9.94. The summed E-state index contributed by atoms with van der Waals surface area (Å²) in [5.41, 5.74) is 5.62. The minimum absolute atomic E-state index is 0.213. The highest BCUT2D eigenvalue weighted by molar-refractivity contribution is 6.32. The Labute approximate surface area is 231 Å². The van der Waals surface area contributed by atoms with E-state index in [1.807, 2.05) is 24.3 Å². The minimum Gasteiger partial charge on any atom is -0.498 e. The number of aromatic nitrogens is 2. The number of halogens is 2. The summed E-state index contributed by atoms with van der Waals surface area (Å²) < 4.78 is 29.9. The van der Waals surface area contributed by atoms with Gasteiger partial charge in [0.05, 0.1) is 23.4 Å². The first-order valence-corrected chi connectivity index (χ1v) is 12.8. The van der Waals surface area contributed by atoms with Gasteiger partial charge in [0.25, 0.3) is 0 Å². The third-order valence-electron chi connectivity index (χ3n) is 6.13. The van der Waals surface area contributed by atoms with Crippen molar-refractivity contribution in [3.8, 4) is 5.75 Å². The van der Waals surface area contributed by atoms with Crippen molar-refractivity contribution in [3.05, 3.63) is 119 Å². The van der Waals surface area contributed by atoms with Crippen molar-refractivity contribution in [1.29, 1.82) is 0 Å². The fourth-order valence-corrected chi connectivity index (χ4v) is 4.41. The van der Waals surface area contributed by atoms with Gasteiger partial charge in [-0.05, 0) is 64.7 Å². The van der Waals surface area contributed by atoms with Crippen LogP contribution in [0.4, 0.5) is 15.9 Å². The Hall–Kier alpha value is -4.20. The largest absolute Gasteiger partial charge is 0.498 e. The van der Waals surface area contributed by atoms with Crippen molar-refractivity contribution in [2.75, 3.05) is 25.6 Å². The molecule has 1 aromatic heterocycles. The van der Waals surface area contributed by atoms with Crippen LogP contribution < -0.4 is 10.1 Å². The molecule has 0 spiro atoms. The molecule has 3 aromatic carbocycles. The Morgan fingerprint density at radius 1 is 1.05 bits per heavy atom. The van der Waals surface area contributed by atoms with E-state index in [-0.39, 0.29) is 12.4 Å². The van der Waals surface area contributed by atoms with E-state index in [1.54, 1.807) is 37.6 Å². The Balaban J connectivity index is 1.32. The highest BCUT2D eigenvalue weighted by atomic mass is 35.5. The zero-order valence-electron chi connectivity index (χ0n) is 21.4. The fourth-order valence-electron chi connectivity index (χ4n) is 4.18. The van der Waals surface area contributed by atoms with Crippen molar-refractivity contribution in [2.24, 2.45) is 0 Å². The average Bonchev–Trinajstić information content (AvgIpc) is 2.95. The Bertz CT molecular complexity index is 1570. The van der Waals surface area contributed by atoms with Crippen LogP contribution in [-0.2, 0) is 16.1 Å². The minimum atomic E-state index is -0.304. The van der Waals surface area contributed by atoms with Gasteiger partial charge in [0.2, 0.25) is 0 Å². The molecule has 0 fully saturated rings. The van der Waals surface area contributed by atoms with Crippen LogP contribution in [0.25, 0.3) is 16.5 Å². The molecule has 0 aliphatic heterocycles. The van der Waals surface area contributed by atoms with E-state index in [2.05, 4.69) is 33.5 Å². The summed E-state index contributed by atoms with van der Waals surface area (Å²) >= 11 is 6.50. The van der Waals surface area contributed by atoms with Gasteiger partial charge in [-0.15, -0.1) is 0 Å². The number of rotatable bonds is 10. The molecule has 0 atom stereocenters. The predicted molar refractivity (Wildman–Crippen MR) is 153 cm³/mol. The molecule has 0 bridgehead atoms. The molecule has 8 heteroatoms. The fraction of sp³-hybridized carbons (Fsp3) is 0.161. The Morgan fingerprint density at radius 3 is 2.82 bits per heavy atom. The van der Waals surface area contributed by atoms with Crippen LogP contribution in [0.3, 0.4) is 0 Å². The maximum atomic E-state index is 13.4. The van der Waals surface area contributed by atoms with E-state index in [9.17, 15) is 4.39 Å². The lowest BCUT2D eigenvalue weighted by molar-refractivity contribution is 0.123. The number of ether oxygens (including phenoxy) is 3. The first-order chi connectivity index (χ1) is 19.1. The van der Waals surface area contributed by atoms with Crippen molar-refractivity contribution in [2.45, 2.75) is 13.0 Å². The van der Waals surface area contributed by atoms with Crippen LogP contribution in [0, 0.1) is 5.82 Å². The molecule has 0 unspecified atom stereocenters.